The number of nitrogens with two attached hydrogens (primary N) is 1. The first kappa shape index (κ1) is 14.1. The molecule has 2 aromatic heterocycles. The summed E-state index contributed by atoms with van der Waals surface area (Å²) in [5, 5.41) is 41.1. The Balaban J connectivity index is 2.20. The quantitative estimate of drug-likeness (QED) is 0.558. The van der Waals surface area contributed by atoms with Crippen molar-refractivity contribution >= 4 is 28.1 Å². The second-order valence-electron chi connectivity index (χ2n) is 4.71. The Labute approximate surface area is 123 Å². The molecule has 3 heterocycles. The summed E-state index contributed by atoms with van der Waals surface area (Å²) in [5.74, 6) is 0.252. The van der Waals surface area contributed by atoms with Crippen LogP contribution in [0.1, 0.15) is 4.88 Å². The number of hydrogen-bond acceptors (Lipinski definition) is 9. The summed E-state index contributed by atoms with van der Waals surface area (Å²) in [6.07, 6.45) is -2.67. The van der Waals surface area contributed by atoms with Crippen molar-refractivity contribution in [1.82, 2.24) is 9.97 Å². The fourth-order valence-electron chi connectivity index (χ4n) is 2.44. The Morgan fingerprint density at radius 3 is 2.86 bits per heavy atom. The van der Waals surface area contributed by atoms with Gasteiger partial charge in [-0.05, 0) is 0 Å². The van der Waals surface area contributed by atoms with Gasteiger partial charge in [0.05, 0.1) is 22.4 Å². The van der Waals surface area contributed by atoms with Gasteiger partial charge in [0, 0.05) is 5.38 Å². The molecular formula is C12H12N4O4S. The molecule has 1 aliphatic heterocycles. The lowest BCUT2D eigenvalue weighted by Crippen LogP contribution is -2.39. The highest BCUT2D eigenvalue weighted by Crippen LogP contribution is 2.45. The molecule has 0 unspecified atom stereocenters. The van der Waals surface area contributed by atoms with Crippen LogP contribution in [0.2, 0.25) is 0 Å². The van der Waals surface area contributed by atoms with Crippen LogP contribution in [0.15, 0.2) is 11.7 Å². The lowest BCUT2D eigenvalue weighted by molar-refractivity contribution is -0.0585. The summed E-state index contributed by atoms with van der Waals surface area (Å²) >= 11 is 1.13. The molecule has 21 heavy (non-hydrogen) atoms. The maximum absolute atomic E-state index is 10.2. The number of aromatic nitrogens is 2. The number of aliphatic hydroxyl groups excluding tert-OH is 3. The molecule has 8 nitrogen and oxygen atoms in total. The molecule has 0 saturated carbocycles. The van der Waals surface area contributed by atoms with E-state index in [4.69, 9.17) is 10.5 Å². The molecule has 3 rings (SSSR count). The number of nitrogen functional groups attached to an aromatic ring is 1. The Bertz CT molecular complexity index is 730. The van der Waals surface area contributed by atoms with E-state index < -0.39 is 30.5 Å². The number of nitrogens with zero attached hydrogens (tertiary/aromatic N) is 3. The molecule has 110 valence electrons. The number of rotatable bonds is 2. The number of hydrogen-bond donors (Lipinski definition) is 4. The van der Waals surface area contributed by atoms with Crippen molar-refractivity contribution in [3.05, 3.63) is 16.6 Å². The van der Waals surface area contributed by atoms with E-state index >= 15 is 0 Å². The summed E-state index contributed by atoms with van der Waals surface area (Å²) in [7, 11) is 0. The highest BCUT2D eigenvalue weighted by atomic mass is 32.1. The molecule has 0 spiro atoms. The van der Waals surface area contributed by atoms with Gasteiger partial charge in [0.2, 0.25) is 5.60 Å². The molecule has 0 radical (unpaired) electrons. The highest BCUT2D eigenvalue weighted by molar-refractivity contribution is 7.11. The Morgan fingerprint density at radius 1 is 1.48 bits per heavy atom. The lowest BCUT2D eigenvalue weighted by Gasteiger charge is -2.23. The van der Waals surface area contributed by atoms with Gasteiger partial charge in [0.1, 0.15) is 36.5 Å². The van der Waals surface area contributed by atoms with Crippen molar-refractivity contribution in [2.24, 2.45) is 0 Å². The van der Waals surface area contributed by atoms with Crippen LogP contribution >= 0.6 is 11.3 Å². The Morgan fingerprint density at radius 2 is 2.24 bits per heavy atom. The Hall–Kier alpha value is -1.83. The number of thiophene rings is 1. The second-order valence-corrected chi connectivity index (χ2v) is 5.59. The van der Waals surface area contributed by atoms with Gasteiger partial charge in [-0.1, -0.05) is 0 Å². The van der Waals surface area contributed by atoms with E-state index in [1.165, 1.54) is 6.33 Å². The molecule has 4 atom stereocenters. The van der Waals surface area contributed by atoms with Gasteiger partial charge in [-0.2, -0.15) is 5.26 Å². The van der Waals surface area contributed by atoms with Gasteiger partial charge < -0.3 is 25.8 Å². The topological polar surface area (TPSA) is 146 Å². The summed E-state index contributed by atoms with van der Waals surface area (Å²) < 4.78 is 5.46. The van der Waals surface area contributed by atoms with Crippen molar-refractivity contribution in [1.29, 1.82) is 5.26 Å². The van der Waals surface area contributed by atoms with Crippen molar-refractivity contribution in [2.75, 3.05) is 12.3 Å². The first-order valence-electron chi connectivity index (χ1n) is 6.09. The first-order chi connectivity index (χ1) is 10.0. The van der Waals surface area contributed by atoms with Crippen molar-refractivity contribution in [3.8, 4) is 6.07 Å². The van der Waals surface area contributed by atoms with Crippen LogP contribution in [0.3, 0.4) is 0 Å². The molecular weight excluding hydrogens is 296 g/mol. The van der Waals surface area contributed by atoms with Crippen LogP contribution in [0.5, 0.6) is 0 Å². The molecule has 0 aliphatic carbocycles. The van der Waals surface area contributed by atoms with Crippen molar-refractivity contribution < 1.29 is 20.1 Å². The van der Waals surface area contributed by atoms with Crippen molar-refractivity contribution in [2.45, 2.75) is 23.9 Å². The zero-order valence-corrected chi connectivity index (χ0v) is 11.5. The summed E-state index contributed by atoms with van der Waals surface area (Å²) in [6.45, 7) is -0.512. The summed E-state index contributed by atoms with van der Waals surface area (Å²) in [4.78, 5) is 8.27. The number of anilines is 1. The minimum absolute atomic E-state index is 0.252. The van der Waals surface area contributed by atoms with E-state index in [1.807, 2.05) is 6.07 Å². The normalized spacial score (nSPS) is 32.4. The van der Waals surface area contributed by atoms with Crippen LogP contribution in [-0.4, -0.2) is 50.2 Å². The van der Waals surface area contributed by atoms with E-state index in [9.17, 15) is 20.6 Å². The number of nitriles is 1. The average molecular weight is 308 g/mol. The van der Waals surface area contributed by atoms with Crippen molar-refractivity contribution in [3.63, 3.8) is 0 Å². The third-order valence-corrected chi connectivity index (χ3v) is 4.65. The third kappa shape index (κ3) is 1.81. The fourth-order valence-corrected chi connectivity index (χ4v) is 3.57. The first-order valence-corrected chi connectivity index (χ1v) is 6.97. The van der Waals surface area contributed by atoms with Crippen LogP contribution in [-0.2, 0) is 10.3 Å². The fraction of sp³-hybridized carbons (Fsp3) is 0.417. The van der Waals surface area contributed by atoms with Crippen LogP contribution < -0.4 is 5.73 Å². The van der Waals surface area contributed by atoms with E-state index in [0.29, 0.717) is 15.8 Å². The van der Waals surface area contributed by atoms with E-state index in [2.05, 4.69) is 9.97 Å². The van der Waals surface area contributed by atoms with Gasteiger partial charge in [0.25, 0.3) is 0 Å². The lowest BCUT2D eigenvalue weighted by atomic mass is 9.93. The smallest absolute Gasteiger partial charge is 0.219 e. The van der Waals surface area contributed by atoms with Crippen LogP contribution in [0.25, 0.3) is 10.9 Å². The second kappa shape index (κ2) is 4.87. The van der Waals surface area contributed by atoms with E-state index in [1.54, 1.807) is 5.38 Å². The molecule has 1 saturated heterocycles. The average Bonchev–Trinajstić information content (AvgIpc) is 3.03. The molecule has 9 heteroatoms. The SMILES string of the molecule is N#C[C@@]1(c2scc3c(N)ncnc23)O[C@H](CO)[C@@H](O)[C@H]1O. The zero-order chi connectivity index (χ0) is 15.2. The summed E-state index contributed by atoms with van der Waals surface area (Å²) in [6, 6.07) is 1.90. The molecule has 0 bridgehead atoms. The standard InChI is InChI=1S/C12H12N4O4S/c13-3-12(9(19)8(18)6(1-17)20-12)10-7-5(2-21-10)11(14)16-4-15-7/h2,4,6,8-9,17-19H,1H2,(H2,14,15,16)/t6-,8-,9-,12-/m1/s1. The van der Waals surface area contributed by atoms with E-state index in [0.717, 1.165) is 11.3 Å². The molecule has 2 aromatic rings. The van der Waals surface area contributed by atoms with Gasteiger partial charge in [-0.15, -0.1) is 11.3 Å². The van der Waals surface area contributed by atoms with Crippen LogP contribution in [0.4, 0.5) is 5.82 Å². The minimum Gasteiger partial charge on any atom is -0.394 e. The minimum atomic E-state index is -1.79. The van der Waals surface area contributed by atoms with Gasteiger partial charge in [0.15, 0.2) is 0 Å². The third-order valence-electron chi connectivity index (χ3n) is 3.57. The maximum atomic E-state index is 10.2. The van der Waals surface area contributed by atoms with Gasteiger partial charge in [-0.3, -0.25) is 0 Å². The van der Waals surface area contributed by atoms with Crippen LogP contribution in [0, 0.1) is 11.3 Å². The monoisotopic (exact) mass is 308 g/mol. The molecule has 5 N–H and O–H groups in total. The highest BCUT2D eigenvalue weighted by Gasteiger charge is 2.57. The predicted molar refractivity (Wildman–Crippen MR) is 73.1 cm³/mol. The number of aliphatic hydroxyl groups is 3. The molecule has 1 aliphatic rings. The zero-order valence-electron chi connectivity index (χ0n) is 10.7. The summed E-state index contributed by atoms with van der Waals surface area (Å²) in [5.41, 5.74) is 4.34. The molecule has 1 fully saturated rings. The predicted octanol–water partition coefficient (Wildman–Crippen LogP) is -0.895. The maximum Gasteiger partial charge on any atom is 0.219 e. The Kier molecular flexibility index (Phi) is 3.27. The number of fused-ring (bicyclic) bond motifs is 1. The van der Waals surface area contributed by atoms with Gasteiger partial charge >= 0.3 is 0 Å². The number of ether oxygens (including phenoxy) is 1. The molecule has 0 aromatic carbocycles. The molecule has 0 amide bonds. The van der Waals surface area contributed by atoms with E-state index in [-0.39, 0.29) is 5.82 Å². The van der Waals surface area contributed by atoms with Gasteiger partial charge in [-0.25, -0.2) is 9.97 Å². The largest absolute Gasteiger partial charge is 0.394 e.